The van der Waals surface area contributed by atoms with Crippen LogP contribution in [0.3, 0.4) is 0 Å². The molecule has 1 heterocycles. The molecule has 22 heavy (non-hydrogen) atoms. The molecule has 0 saturated carbocycles. The van der Waals surface area contributed by atoms with Crippen molar-refractivity contribution in [3.8, 4) is 5.75 Å². The number of hydrogen-bond acceptors (Lipinski definition) is 3. The summed E-state index contributed by atoms with van der Waals surface area (Å²) in [5.41, 5.74) is 2.53. The van der Waals surface area contributed by atoms with Gasteiger partial charge in [-0.3, -0.25) is 4.79 Å². The SMILES string of the molecule is CC1=NN(c2ccc(Cl)cc2)C(=O)/C1=C/c1cccc(O)c1. The highest BCUT2D eigenvalue weighted by molar-refractivity contribution is 6.32. The molecule has 1 amide bonds. The Morgan fingerprint density at radius 2 is 1.91 bits per heavy atom. The van der Waals surface area contributed by atoms with Crippen LogP contribution in [0.1, 0.15) is 12.5 Å². The molecule has 0 radical (unpaired) electrons. The molecular weight excluding hydrogens is 300 g/mol. The molecule has 5 heteroatoms. The van der Waals surface area contributed by atoms with E-state index in [4.69, 9.17) is 11.6 Å². The van der Waals surface area contributed by atoms with E-state index in [-0.39, 0.29) is 11.7 Å². The Morgan fingerprint density at radius 1 is 1.18 bits per heavy atom. The van der Waals surface area contributed by atoms with Crippen molar-refractivity contribution in [2.75, 3.05) is 5.01 Å². The summed E-state index contributed by atoms with van der Waals surface area (Å²) >= 11 is 5.86. The maximum Gasteiger partial charge on any atom is 0.280 e. The number of phenols is 1. The number of rotatable bonds is 2. The van der Waals surface area contributed by atoms with Crippen LogP contribution < -0.4 is 5.01 Å². The maximum atomic E-state index is 12.5. The summed E-state index contributed by atoms with van der Waals surface area (Å²) in [6.07, 6.45) is 1.72. The number of hydrogen-bond donors (Lipinski definition) is 1. The van der Waals surface area contributed by atoms with Gasteiger partial charge in [-0.1, -0.05) is 23.7 Å². The molecule has 1 aliphatic heterocycles. The van der Waals surface area contributed by atoms with Gasteiger partial charge in [0.15, 0.2) is 0 Å². The number of phenolic OH excluding ortho intramolecular Hbond substituents is 1. The van der Waals surface area contributed by atoms with Crippen molar-refractivity contribution >= 4 is 35.0 Å². The van der Waals surface area contributed by atoms with Crippen LogP contribution in [0.4, 0.5) is 5.69 Å². The minimum atomic E-state index is -0.205. The van der Waals surface area contributed by atoms with Crippen molar-refractivity contribution in [1.29, 1.82) is 0 Å². The van der Waals surface area contributed by atoms with Gasteiger partial charge in [-0.15, -0.1) is 0 Å². The fraction of sp³-hybridized carbons (Fsp3) is 0.0588. The van der Waals surface area contributed by atoms with E-state index in [9.17, 15) is 9.90 Å². The molecular formula is C17H13ClN2O2. The Labute approximate surface area is 133 Å². The second-order valence-corrected chi connectivity index (χ2v) is 5.37. The normalized spacial score (nSPS) is 16.3. The number of aromatic hydroxyl groups is 1. The zero-order valence-electron chi connectivity index (χ0n) is 11.8. The highest BCUT2D eigenvalue weighted by Gasteiger charge is 2.28. The summed E-state index contributed by atoms with van der Waals surface area (Å²) in [7, 11) is 0. The van der Waals surface area contributed by atoms with Crippen LogP contribution in [-0.2, 0) is 4.79 Å². The van der Waals surface area contributed by atoms with E-state index in [1.54, 1.807) is 55.5 Å². The quantitative estimate of drug-likeness (QED) is 0.856. The minimum absolute atomic E-state index is 0.156. The van der Waals surface area contributed by atoms with Crippen LogP contribution in [0.15, 0.2) is 59.2 Å². The average Bonchev–Trinajstić information content (AvgIpc) is 2.76. The molecule has 3 rings (SSSR count). The van der Waals surface area contributed by atoms with Gasteiger partial charge >= 0.3 is 0 Å². The molecule has 0 aliphatic carbocycles. The molecule has 1 aliphatic rings. The van der Waals surface area contributed by atoms with Crippen LogP contribution in [0.25, 0.3) is 6.08 Å². The average molecular weight is 313 g/mol. The van der Waals surface area contributed by atoms with Crippen molar-refractivity contribution in [3.63, 3.8) is 0 Å². The molecule has 0 spiro atoms. The van der Waals surface area contributed by atoms with Gasteiger partial charge in [-0.25, -0.2) is 0 Å². The second kappa shape index (κ2) is 5.66. The molecule has 2 aromatic rings. The maximum absolute atomic E-state index is 12.5. The van der Waals surface area contributed by atoms with Gasteiger partial charge < -0.3 is 5.11 Å². The Balaban J connectivity index is 1.94. The summed E-state index contributed by atoms with van der Waals surface area (Å²) < 4.78 is 0. The van der Waals surface area contributed by atoms with Gasteiger partial charge in [0.05, 0.1) is 17.0 Å². The van der Waals surface area contributed by atoms with Crippen LogP contribution in [0.5, 0.6) is 5.75 Å². The van der Waals surface area contributed by atoms with Crippen molar-refractivity contribution in [1.82, 2.24) is 0 Å². The van der Waals surface area contributed by atoms with E-state index in [1.807, 2.05) is 6.07 Å². The Kier molecular flexibility index (Phi) is 3.69. The minimum Gasteiger partial charge on any atom is -0.508 e. The molecule has 110 valence electrons. The molecule has 1 N–H and O–H groups in total. The van der Waals surface area contributed by atoms with E-state index >= 15 is 0 Å². The predicted octanol–water partition coefficient (Wildman–Crippen LogP) is 3.85. The zero-order chi connectivity index (χ0) is 15.7. The van der Waals surface area contributed by atoms with Crippen molar-refractivity contribution < 1.29 is 9.90 Å². The molecule has 0 unspecified atom stereocenters. The number of benzene rings is 2. The topological polar surface area (TPSA) is 52.9 Å². The summed E-state index contributed by atoms with van der Waals surface area (Å²) in [6, 6.07) is 13.6. The number of anilines is 1. The van der Waals surface area contributed by atoms with Gasteiger partial charge in [-0.05, 0) is 55.0 Å². The highest BCUT2D eigenvalue weighted by Crippen LogP contribution is 2.26. The lowest BCUT2D eigenvalue weighted by atomic mass is 10.1. The Hall–Kier alpha value is -2.59. The number of nitrogens with zero attached hydrogens (tertiary/aromatic N) is 2. The first-order chi connectivity index (χ1) is 10.5. The molecule has 2 aromatic carbocycles. The van der Waals surface area contributed by atoms with Crippen molar-refractivity contribution in [2.24, 2.45) is 5.10 Å². The number of carbonyl (C=O) groups excluding carboxylic acids is 1. The molecule has 0 saturated heterocycles. The smallest absolute Gasteiger partial charge is 0.280 e. The number of halogens is 1. The Morgan fingerprint density at radius 3 is 2.59 bits per heavy atom. The van der Waals surface area contributed by atoms with E-state index in [1.165, 1.54) is 5.01 Å². The van der Waals surface area contributed by atoms with Crippen LogP contribution >= 0.6 is 11.6 Å². The summed E-state index contributed by atoms with van der Waals surface area (Å²) in [4.78, 5) is 12.5. The highest BCUT2D eigenvalue weighted by atomic mass is 35.5. The van der Waals surface area contributed by atoms with Gasteiger partial charge in [0.25, 0.3) is 5.91 Å². The van der Waals surface area contributed by atoms with E-state index in [0.29, 0.717) is 22.0 Å². The summed E-state index contributed by atoms with van der Waals surface area (Å²) in [5.74, 6) is -0.0490. The van der Waals surface area contributed by atoms with Crippen LogP contribution in [-0.4, -0.2) is 16.7 Å². The molecule has 0 atom stereocenters. The number of hydrazone groups is 1. The fourth-order valence-corrected chi connectivity index (χ4v) is 2.35. The second-order valence-electron chi connectivity index (χ2n) is 4.93. The lowest BCUT2D eigenvalue weighted by molar-refractivity contribution is -0.114. The molecule has 4 nitrogen and oxygen atoms in total. The lowest BCUT2D eigenvalue weighted by Crippen LogP contribution is -2.21. The number of carbonyl (C=O) groups is 1. The third kappa shape index (κ3) is 2.73. The van der Waals surface area contributed by atoms with Gasteiger partial charge in [0.1, 0.15) is 5.75 Å². The zero-order valence-corrected chi connectivity index (χ0v) is 12.6. The van der Waals surface area contributed by atoms with Crippen molar-refractivity contribution in [3.05, 3.63) is 64.7 Å². The van der Waals surface area contributed by atoms with Gasteiger partial charge in [0.2, 0.25) is 0 Å². The largest absolute Gasteiger partial charge is 0.508 e. The van der Waals surface area contributed by atoms with E-state index in [0.717, 1.165) is 5.56 Å². The fourth-order valence-electron chi connectivity index (χ4n) is 2.22. The third-order valence-corrected chi connectivity index (χ3v) is 3.57. The lowest BCUT2D eigenvalue weighted by Gasteiger charge is -2.11. The van der Waals surface area contributed by atoms with E-state index < -0.39 is 0 Å². The summed E-state index contributed by atoms with van der Waals surface area (Å²) in [6.45, 7) is 1.78. The monoisotopic (exact) mass is 312 g/mol. The summed E-state index contributed by atoms with van der Waals surface area (Å²) in [5, 5.41) is 15.8. The molecule has 0 aromatic heterocycles. The van der Waals surface area contributed by atoms with Crippen molar-refractivity contribution in [2.45, 2.75) is 6.92 Å². The van der Waals surface area contributed by atoms with Gasteiger partial charge in [0, 0.05) is 5.02 Å². The van der Waals surface area contributed by atoms with Gasteiger partial charge in [-0.2, -0.15) is 10.1 Å². The Bertz CT molecular complexity index is 795. The first-order valence-electron chi connectivity index (χ1n) is 6.71. The van der Waals surface area contributed by atoms with Crippen LogP contribution in [0.2, 0.25) is 5.02 Å². The number of amides is 1. The third-order valence-electron chi connectivity index (χ3n) is 3.31. The molecule has 0 bridgehead atoms. The van der Waals surface area contributed by atoms with E-state index in [2.05, 4.69) is 5.10 Å². The first-order valence-corrected chi connectivity index (χ1v) is 7.09. The first kappa shape index (κ1) is 14.4. The predicted molar refractivity (Wildman–Crippen MR) is 88.1 cm³/mol. The standard InChI is InChI=1S/C17H13ClN2O2/c1-11-16(10-12-3-2-4-15(21)9-12)17(22)20(19-11)14-7-5-13(18)6-8-14/h2-10,21H,1H3/b16-10+. The molecule has 0 fully saturated rings. The van der Waals surface area contributed by atoms with Crippen LogP contribution in [0, 0.1) is 0 Å².